The van der Waals surface area contributed by atoms with Gasteiger partial charge in [0.2, 0.25) is 0 Å². The van der Waals surface area contributed by atoms with Gasteiger partial charge in [-0.05, 0) is 92.6 Å². The first-order valence-electron chi connectivity index (χ1n) is 9.79. The van der Waals surface area contributed by atoms with Gasteiger partial charge in [0.1, 0.15) is 24.0 Å². The molecule has 0 aliphatic rings. The van der Waals surface area contributed by atoms with Gasteiger partial charge in [0.05, 0.1) is 20.7 Å². The van der Waals surface area contributed by atoms with Gasteiger partial charge >= 0.3 is 5.97 Å². The van der Waals surface area contributed by atoms with Gasteiger partial charge in [0, 0.05) is 16.3 Å². The zero-order chi connectivity index (χ0) is 24.7. The van der Waals surface area contributed by atoms with Crippen LogP contribution in [0.5, 0.6) is 5.75 Å². The van der Waals surface area contributed by atoms with Crippen molar-refractivity contribution in [1.82, 2.24) is 0 Å². The van der Waals surface area contributed by atoms with Crippen LogP contribution in [0.25, 0.3) is 6.08 Å². The van der Waals surface area contributed by atoms with Crippen molar-refractivity contribution in [3.8, 4) is 11.8 Å². The molecule has 0 heterocycles. The molecule has 0 aliphatic carbocycles. The minimum Gasteiger partial charge on any atom is -0.487 e. The lowest BCUT2D eigenvalue weighted by molar-refractivity contribution is -0.112. The lowest BCUT2D eigenvalue weighted by atomic mass is 10.1. The number of esters is 1. The molecule has 0 saturated heterocycles. The van der Waals surface area contributed by atoms with E-state index in [2.05, 4.69) is 48.6 Å². The number of nitrogens with zero attached hydrogens (tertiary/aromatic N) is 1. The number of methoxy groups -OCH3 is 1. The monoisotopic (exact) mass is 650 g/mol. The molecule has 3 aromatic rings. The van der Waals surface area contributed by atoms with E-state index in [1.807, 2.05) is 30.3 Å². The molecule has 0 unspecified atom stereocenters. The Kier molecular flexibility index (Phi) is 9.10. The Labute approximate surface area is 223 Å². The molecule has 0 aliphatic heterocycles. The fourth-order valence-corrected chi connectivity index (χ4v) is 4.85. The number of benzene rings is 3. The van der Waals surface area contributed by atoms with Crippen LogP contribution >= 0.6 is 50.1 Å². The second-order valence-electron chi connectivity index (χ2n) is 6.89. The van der Waals surface area contributed by atoms with Gasteiger partial charge in [-0.3, -0.25) is 4.79 Å². The number of halogens is 3. The number of hydrogen-bond acceptors (Lipinski definition) is 5. The molecule has 34 heavy (non-hydrogen) atoms. The molecule has 9 heteroatoms. The number of anilines is 1. The molecule has 3 aromatic carbocycles. The van der Waals surface area contributed by atoms with Crippen molar-refractivity contribution in [3.63, 3.8) is 0 Å². The molecule has 172 valence electrons. The molecule has 1 N–H and O–H groups in total. The first-order valence-corrected chi connectivity index (χ1v) is 12.0. The topological polar surface area (TPSA) is 88.4 Å². The van der Waals surface area contributed by atoms with Crippen molar-refractivity contribution in [1.29, 1.82) is 5.26 Å². The van der Waals surface area contributed by atoms with Crippen molar-refractivity contribution in [3.05, 3.63) is 96.0 Å². The number of nitrogens with one attached hydrogen (secondary N) is 1. The maximum absolute atomic E-state index is 12.6. The van der Waals surface area contributed by atoms with Crippen molar-refractivity contribution >= 4 is 73.8 Å². The number of ether oxygens (including phenoxy) is 2. The first-order chi connectivity index (χ1) is 16.3. The summed E-state index contributed by atoms with van der Waals surface area (Å²) in [6.07, 6.45) is 1.49. The van der Waals surface area contributed by atoms with Crippen LogP contribution in [0.3, 0.4) is 0 Å². The van der Waals surface area contributed by atoms with Crippen molar-refractivity contribution in [2.24, 2.45) is 0 Å². The predicted octanol–water partition coefficient (Wildman–Crippen LogP) is 6.62. The predicted molar refractivity (Wildman–Crippen MR) is 143 cm³/mol. The minimum atomic E-state index is -0.571. The van der Waals surface area contributed by atoms with Crippen LogP contribution in [0, 0.1) is 14.9 Å². The van der Waals surface area contributed by atoms with Crippen LogP contribution in [0.2, 0.25) is 5.02 Å². The average Bonchev–Trinajstić information content (AvgIpc) is 2.83. The number of rotatable bonds is 7. The zero-order valence-corrected chi connectivity index (χ0v) is 22.3. The van der Waals surface area contributed by atoms with E-state index in [0.29, 0.717) is 38.7 Å². The van der Waals surface area contributed by atoms with Gasteiger partial charge in [-0.1, -0.05) is 29.8 Å². The molecule has 6 nitrogen and oxygen atoms in total. The van der Waals surface area contributed by atoms with E-state index >= 15 is 0 Å². The summed E-state index contributed by atoms with van der Waals surface area (Å²) in [7, 11) is 1.29. The van der Waals surface area contributed by atoms with Crippen LogP contribution in [0.1, 0.15) is 21.5 Å². The lowest BCUT2D eigenvalue weighted by Crippen LogP contribution is -2.13. The smallest absolute Gasteiger partial charge is 0.337 e. The number of amides is 1. The highest BCUT2D eigenvalue weighted by molar-refractivity contribution is 14.1. The van der Waals surface area contributed by atoms with Gasteiger partial charge < -0.3 is 14.8 Å². The second-order valence-corrected chi connectivity index (χ2v) is 9.31. The Morgan fingerprint density at radius 1 is 1.18 bits per heavy atom. The van der Waals surface area contributed by atoms with Crippen LogP contribution in [0.4, 0.5) is 5.69 Å². The highest BCUT2D eigenvalue weighted by Gasteiger charge is 2.14. The average molecular weight is 652 g/mol. The summed E-state index contributed by atoms with van der Waals surface area (Å²) in [4.78, 5) is 24.1. The van der Waals surface area contributed by atoms with E-state index in [0.717, 1.165) is 9.13 Å². The van der Waals surface area contributed by atoms with E-state index in [1.165, 1.54) is 25.3 Å². The molecular weight excluding hydrogens is 635 g/mol. The van der Waals surface area contributed by atoms with Gasteiger partial charge in [-0.15, -0.1) is 0 Å². The Morgan fingerprint density at radius 3 is 2.50 bits per heavy atom. The van der Waals surface area contributed by atoms with Crippen molar-refractivity contribution in [2.75, 3.05) is 12.4 Å². The minimum absolute atomic E-state index is 0.0792. The largest absolute Gasteiger partial charge is 0.487 e. The highest BCUT2D eigenvalue weighted by atomic mass is 127. The summed E-state index contributed by atoms with van der Waals surface area (Å²) in [5.74, 6) is -0.417. The van der Waals surface area contributed by atoms with E-state index in [-0.39, 0.29) is 5.57 Å². The molecule has 0 bridgehead atoms. The second kappa shape index (κ2) is 12.0. The van der Waals surface area contributed by atoms with E-state index in [1.54, 1.807) is 24.3 Å². The van der Waals surface area contributed by atoms with Crippen LogP contribution in [-0.4, -0.2) is 19.0 Å². The van der Waals surface area contributed by atoms with Crippen LogP contribution in [0.15, 0.2) is 70.7 Å². The van der Waals surface area contributed by atoms with Crippen LogP contribution in [-0.2, 0) is 16.1 Å². The molecule has 1 amide bonds. The number of nitriles is 1. The molecule has 0 radical (unpaired) electrons. The third kappa shape index (κ3) is 6.59. The number of hydrogen-bond donors (Lipinski definition) is 1. The Hall–Kier alpha value is -2.87. The fraction of sp³-hybridized carbons (Fsp3) is 0.0800. The van der Waals surface area contributed by atoms with Crippen molar-refractivity contribution in [2.45, 2.75) is 6.61 Å². The van der Waals surface area contributed by atoms with Gasteiger partial charge in [0.15, 0.2) is 0 Å². The van der Waals surface area contributed by atoms with Gasteiger partial charge in [-0.2, -0.15) is 5.26 Å². The van der Waals surface area contributed by atoms with E-state index in [9.17, 15) is 14.9 Å². The molecule has 0 atom stereocenters. The Bertz CT molecular complexity index is 1280. The summed E-state index contributed by atoms with van der Waals surface area (Å²) in [6, 6.07) is 19.1. The molecular formula is C25H17BrClIN2O4. The summed E-state index contributed by atoms with van der Waals surface area (Å²) < 4.78 is 12.1. The molecule has 0 saturated carbocycles. The molecule has 3 rings (SSSR count). The van der Waals surface area contributed by atoms with Gasteiger partial charge in [0.25, 0.3) is 5.91 Å². The summed E-state index contributed by atoms with van der Waals surface area (Å²) in [6.45, 7) is 0.296. The SMILES string of the molecule is COC(=O)c1ccc(NC(=O)/C(C#N)=C/c2cc(Br)c(OCc3ccccc3Cl)c(I)c2)cc1. The van der Waals surface area contributed by atoms with Gasteiger partial charge in [-0.25, -0.2) is 4.79 Å². The zero-order valence-electron chi connectivity index (χ0n) is 17.8. The number of carbonyl (C=O) groups excluding carboxylic acids is 2. The quantitative estimate of drug-likeness (QED) is 0.134. The summed E-state index contributed by atoms with van der Waals surface area (Å²) in [5.41, 5.74) is 2.23. The third-order valence-corrected chi connectivity index (χ3v) is 6.35. The maximum Gasteiger partial charge on any atom is 0.337 e. The third-order valence-electron chi connectivity index (χ3n) is 4.59. The van der Waals surface area contributed by atoms with Crippen LogP contribution < -0.4 is 10.1 Å². The lowest BCUT2D eigenvalue weighted by Gasteiger charge is -2.12. The maximum atomic E-state index is 12.6. The standard InChI is InChI=1S/C25H17BrClIN2O4/c1-33-25(32)16-6-8-19(9-7-16)30-24(31)18(13-29)10-15-11-20(26)23(22(28)12-15)34-14-17-4-2-3-5-21(17)27/h2-12H,14H2,1H3,(H,30,31)/b18-10+. The number of carbonyl (C=O) groups is 2. The normalized spacial score (nSPS) is 10.9. The van der Waals surface area contributed by atoms with Crippen molar-refractivity contribution < 1.29 is 19.1 Å². The first kappa shape index (κ1) is 25.7. The highest BCUT2D eigenvalue weighted by Crippen LogP contribution is 2.34. The Morgan fingerprint density at radius 2 is 1.88 bits per heavy atom. The molecule has 0 fully saturated rings. The van der Waals surface area contributed by atoms with E-state index < -0.39 is 11.9 Å². The summed E-state index contributed by atoms with van der Waals surface area (Å²) >= 11 is 11.8. The molecule has 0 spiro atoms. The molecule has 0 aromatic heterocycles. The summed E-state index contributed by atoms with van der Waals surface area (Å²) in [5, 5.41) is 12.8. The van der Waals surface area contributed by atoms with E-state index in [4.69, 9.17) is 16.3 Å². The Balaban J connectivity index is 1.75. The fourth-order valence-electron chi connectivity index (χ4n) is 2.89.